The van der Waals surface area contributed by atoms with Crippen molar-refractivity contribution in [1.29, 1.82) is 0 Å². The van der Waals surface area contributed by atoms with Gasteiger partial charge in [0.2, 0.25) is 0 Å². The van der Waals surface area contributed by atoms with Crippen molar-refractivity contribution in [3.8, 4) is 11.3 Å². The van der Waals surface area contributed by atoms with Gasteiger partial charge < -0.3 is 10.0 Å². The van der Waals surface area contributed by atoms with Crippen LogP contribution >= 0.6 is 11.6 Å². The molecule has 2 aliphatic heterocycles. The smallest absolute Gasteiger partial charge is 0.416 e. The molecule has 0 atom stereocenters. The lowest BCUT2D eigenvalue weighted by Gasteiger charge is -2.40. The highest BCUT2D eigenvalue weighted by Crippen LogP contribution is 2.36. The quantitative estimate of drug-likeness (QED) is 0.396. The third-order valence-electron chi connectivity index (χ3n) is 7.57. The molecule has 5 rings (SSSR count). The minimum Gasteiger partial charge on any atom is -0.478 e. The third-order valence-corrected chi connectivity index (χ3v) is 7.81. The van der Waals surface area contributed by atoms with Gasteiger partial charge in [0.15, 0.2) is 0 Å². The summed E-state index contributed by atoms with van der Waals surface area (Å²) in [4.78, 5) is 22.0. The van der Waals surface area contributed by atoms with Crippen LogP contribution in [0.15, 0.2) is 42.5 Å². The Bertz CT molecular complexity index is 1300. The summed E-state index contributed by atoms with van der Waals surface area (Å²) in [5, 5.41) is 11.1. The van der Waals surface area contributed by atoms with Crippen molar-refractivity contribution in [2.75, 3.05) is 26.2 Å². The number of pyridine rings is 1. The number of aromatic carboxylic acids is 1. The minimum absolute atomic E-state index is 0.0623. The summed E-state index contributed by atoms with van der Waals surface area (Å²) < 4.78 is 40.5. The lowest BCUT2D eigenvalue weighted by molar-refractivity contribution is -0.137. The molecule has 3 aromatic rings. The minimum atomic E-state index is -4.53. The predicted octanol–water partition coefficient (Wildman–Crippen LogP) is 6.72. The van der Waals surface area contributed by atoms with Crippen LogP contribution in [0.25, 0.3) is 22.2 Å². The topological polar surface area (TPSA) is 56.7 Å². The van der Waals surface area contributed by atoms with Gasteiger partial charge in [0, 0.05) is 34.1 Å². The normalized spacial score (nSPS) is 18.4. The standard InChI is InChI=1S/C28H29ClF3N3O2/c29-20-7-8-22-24(16-20)33-26(18-5-4-6-19(15-18)28(30,31)32)23(25(22)27(36)37)17-34-13-9-21(10-14-34)35-11-2-1-3-12-35/h4-8,15-16,21H,1-3,9-14,17H2,(H,36,37). The Morgan fingerprint density at radius 2 is 1.76 bits per heavy atom. The first-order valence-corrected chi connectivity index (χ1v) is 13.1. The van der Waals surface area contributed by atoms with Crippen molar-refractivity contribution >= 4 is 28.5 Å². The molecule has 2 fully saturated rings. The molecular weight excluding hydrogens is 503 g/mol. The Balaban J connectivity index is 1.54. The summed E-state index contributed by atoms with van der Waals surface area (Å²) in [5.41, 5.74) is 0.507. The molecular formula is C28H29ClF3N3O2. The second-order valence-corrected chi connectivity index (χ2v) is 10.4. The van der Waals surface area contributed by atoms with E-state index in [4.69, 9.17) is 11.6 Å². The molecule has 0 spiro atoms. The number of benzene rings is 2. The van der Waals surface area contributed by atoms with E-state index in [2.05, 4.69) is 14.8 Å². The van der Waals surface area contributed by atoms with Crippen LogP contribution in [-0.4, -0.2) is 58.1 Å². The highest BCUT2D eigenvalue weighted by atomic mass is 35.5. The van der Waals surface area contributed by atoms with E-state index in [1.807, 2.05) is 0 Å². The molecule has 0 amide bonds. The van der Waals surface area contributed by atoms with Crippen LogP contribution in [0.3, 0.4) is 0 Å². The van der Waals surface area contributed by atoms with E-state index in [1.165, 1.54) is 25.3 Å². The number of carboxylic acid groups (broad SMARTS) is 1. The number of halogens is 4. The van der Waals surface area contributed by atoms with Crippen molar-refractivity contribution in [3.63, 3.8) is 0 Å². The van der Waals surface area contributed by atoms with E-state index >= 15 is 0 Å². The van der Waals surface area contributed by atoms with E-state index in [0.717, 1.165) is 51.2 Å². The first-order valence-electron chi connectivity index (χ1n) is 12.7. The number of carbonyl (C=O) groups is 1. The molecule has 37 heavy (non-hydrogen) atoms. The lowest BCUT2D eigenvalue weighted by atomic mass is 9.94. The second-order valence-electron chi connectivity index (χ2n) is 9.96. The zero-order chi connectivity index (χ0) is 26.2. The van der Waals surface area contributed by atoms with Gasteiger partial charge >= 0.3 is 12.1 Å². The van der Waals surface area contributed by atoms with E-state index in [1.54, 1.807) is 24.3 Å². The Labute approximate surface area is 218 Å². The van der Waals surface area contributed by atoms with Crippen LogP contribution < -0.4 is 0 Å². The van der Waals surface area contributed by atoms with Crippen molar-refractivity contribution in [1.82, 2.24) is 14.8 Å². The largest absolute Gasteiger partial charge is 0.478 e. The Morgan fingerprint density at radius 1 is 1.03 bits per heavy atom. The molecule has 9 heteroatoms. The summed E-state index contributed by atoms with van der Waals surface area (Å²) in [6, 6.07) is 10.2. The van der Waals surface area contributed by atoms with Gasteiger partial charge in [-0.3, -0.25) is 4.90 Å². The van der Waals surface area contributed by atoms with Gasteiger partial charge in [-0.05, 0) is 76.1 Å². The van der Waals surface area contributed by atoms with Crippen molar-refractivity contribution in [2.45, 2.75) is 50.9 Å². The van der Waals surface area contributed by atoms with E-state index in [-0.39, 0.29) is 16.8 Å². The van der Waals surface area contributed by atoms with Crippen LogP contribution in [0, 0.1) is 0 Å². The molecule has 0 radical (unpaired) electrons. The highest BCUT2D eigenvalue weighted by molar-refractivity contribution is 6.31. The van der Waals surface area contributed by atoms with Crippen LogP contribution in [-0.2, 0) is 12.7 Å². The molecule has 0 bridgehead atoms. The molecule has 2 aromatic carbocycles. The number of nitrogens with zero attached hydrogens (tertiary/aromatic N) is 3. The molecule has 0 unspecified atom stereocenters. The number of fused-ring (bicyclic) bond motifs is 1. The zero-order valence-corrected chi connectivity index (χ0v) is 21.2. The van der Waals surface area contributed by atoms with E-state index in [9.17, 15) is 23.1 Å². The maximum absolute atomic E-state index is 13.5. The summed E-state index contributed by atoms with van der Waals surface area (Å²) in [5.74, 6) is -1.14. The van der Waals surface area contributed by atoms with Gasteiger partial charge in [-0.1, -0.05) is 36.2 Å². The third kappa shape index (κ3) is 5.61. The van der Waals surface area contributed by atoms with Gasteiger partial charge in [-0.2, -0.15) is 13.2 Å². The monoisotopic (exact) mass is 531 g/mol. The summed E-state index contributed by atoms with van der Waals surface area (Å²) in [6.45, 7) is 4.14. The molecule has 1 N–H and O–H groups in total. The fourth-order valence-electron chi connectivity index (χ4n) is 5.71. The molecule has 5 nitrogen and oxygen atoms in total. The maximum Gasteiger partial charge on any atom is 0.416 e. The molecule has 196 valence electrons. The van der Waals surface area contributed by atoms with Crippen molar-refractivity contribution in [3.05, 3.63) is 64.2 Å². The average Bonchev–Trinajstić information content (AvgIpc) is 2.88. The maximum atomic E-state index is 13.5. The van der Waals surface area contributed by atoms with Crippen molar-refractivity contribution in [2.24, 2.45) is 0 Å². The fourth-order valence-corrected chi connectivity index (χ4v) is 5.87. The molecule has 0 aliphatic carbocycles. The van der Waals surface area contributed by atoms with Gasteiger partial charge in [-0.25, -0.2) is 9.78 Å². The fraction of sp³-hybridized carbons (Fsp3) is 0.429. The van der Waals surface area contributed by atoms with Crippen molar-refractivity contribution < 1.29 is 23.1 Å². The molecule has 0 saturated carbocycles. The van der Waals surface area contributed by atoms with Crippen LogP contribution in [0.5, 0.6) is 0 Å². The molecule has 3 heterocycles. The predicted molar refractivity (Wildman–Crippen MR) is 138 cm³/mol. The highest BCUT2D eigenvalue weighted by Gasteiger charge is 2.32. The Hall–Kier alpha value is -2.68. The number of hydrogen-bond acceptors (Lipinski definition) is 4. The number of aromatic nitrogens is 1. The van der Waals surface area contributed by atoms with Crippen LogP contribution in [0.4, 0.5) is 13.2 Å². The van der Waals surface area contributed by atoms with Gasteiger partial charge in [0.1, 0.15) is 0 Å². The first kappa shape index (κ1) is 25.9. The number of carboxylic acids is 1. The van der Waals surface area contributed by atoms with Crippen LogP contribution in [0.2, 0.25) is 5.02 Å². The van der Waals surface area contributed by atoms with E-state index < -0.39 is 17.7 Å². The Morgan fingerprint density at radius 3 is 2.43 bits per heavy atom. The first-order chi connectivity index (χ1) is 17.7. The van der Waals surface area contributed by atoms with Gasteiger partial charge in [-0.15, -0.1) is 0 Å². The zero-order valence-electron chi connectivity index (χ0n) is 20.4. The lowest BCUT2D eigenvalue weighted by Crippen LogP contribution is -2.46. The SMILES string of the molecule is O=C(O)c1c(CN2CCC(N3CCCCC3)CC2)c(-c2cccc(C(F)(F)F)c2)nc2cc(Cl)ccc12. The van der Waals surface area contributed by atoms with Crippen LogP contribution in [0.1, 0.15) is 53.6 Å². The average molecular weight is 532 g/mol. The summed E-state index contributed by atoms with van der Waals surface area (Å²) in [6.07, 6.45) is 1.19. The van der Waals surface area contributed by atoms with Gasteiger partial charge in [0.05, 0.1) is 22.3 Å². The summed E-state index contributed by atoms with van der Waals surface area (Å²) in [7, 11) is 0. The number of rotatable bonds is 5. The number of alkyl halides is 3. The molecule has 2 saturated heterocycles. The number of piperidine rings is 2. The molecule has 1 aromatic heterocycles. The second kappa shape index (κ2) is 10.6. The Kier molecular flexibility index (Phi) is 7.43. The summed E-state index contributed by atoms with van der Waals surface area (Å²) >= 11 is 6.16. The number of hydrogen-bond donors (Lipinski definition) is 1. The van der Waals surface area contributed by atoms with E-state index in [0.29, 0.717) is 34.1 Å². The van der Waals surface area contributed by atoms with Gasteiger partial charge in [0.25, 0.3) is 0 Å². The molecule has 2 aliphatic rings. The number of likely N-dealkylation sites (tertiary alicyclic amines) is 2.